The lowest BCUT2D eigenvalue weighted by Gasteiger charge is -2.37. The molecule has 6 heteroatoms. The van der Waals surface area contributed by atoms with Crippen LogP contribution in [0.1, 0.15) is 5.82 Å². The molecule has 1 atom stereocenters. The summed E-state index contributed by atoms with van der Waals surface area (Å²) >= 11 is 7.03. The monoisotopic (exact) mass is 246 g/mol. The summed E-state index contributed by atoms with van der Waals surface area (Å²) in [6.45, 7) is 3.32. The predicted molar refractivity (Wildman–Crippen MR) is 62.5 cm³/mol. The zero-order chi connectivity index (χ0) is 10.8. The minimum absolute atomic E-state index is 0.509. The molecule has 1 aliphatic rings. The highest BCUT2D eigenvalue weighted by molar-refractivity contribution is 7.10. The van der Waals surface area contributed by atoms with Gasteiger partial charge in [-0.25, -0.2) is 4.98 Å². The zero-order valence-corrected chi connectivity index (χ0v) is 10.6. The van der Waals surface area contributed by atoms with Crippen molar-refractivity contribution in [1.29, 1.82) is 0 Å². The van der Waals surface area contributed by atoms with Crippen LogP contribution < -0.4 is 0 Å². The largest absolute Gasteiger partial charge is 0.304 e. The van der Waals surface area contributed by atoms with Gasteiger partial charge >= 0.3 is 0 Å². The molecule has 2 rings (SSSR count). The van der Waals surface area contributed by atoms with E-state index in [0.29, 0.717) is 10.5 Å². The fourth-order valence-corrected chi connectivity index (χ4v) is 2.49. The van der Waals surface area contributed by atoms with E-state index in [1.165, 1.54) is 11.5 Å². The number of hydrogen-bond acceptors (Lipinski definition) is 5. The molecule has 2 heterocycles. The van der Waals surface area contributed by atoms with Crippen molar-refractivity contribution < 1.29 is 0 Å². The Morgan fingerprint density at radius 2 is 2.27 bits per heavy atom. The summed E-state index contributed by atoms with van der Waals surface area (Å²) in [6, 6.07) is 0.509. The first kappa shape index (κ1) is 11.3. The SMILES string of the molecule is CN1CCN(C)C(Cc2nsc(Cl)n2)C1. The van der Waals surface area contributed by atoms with E-state index in [1.807, 2.05) is 0 Å². The number of rotatable bonds is 2. The molecule has 1 aromatic rings. The maximum Gasteiger partial charge on any atom is 0.203 e. The molecule has 1 aliphatic heterocycles. The summed E-state index contributed by atoms with van der Waals surface area (Å²) in [4.78, 5) is 8.91. The third kappa shape index (κ3) is 2.87. The van der Waals surface area contributed by atoms with E-state index in [2.05, 4.69) is 33.3 Å². The van der Waals surface area contributed by atoms with E-state index in [1.54, 1.807) is 0 Å². The summed E-state index contributed by atoms with van der Waals surface area (Å²) in [5.41, 5.74) is 0. The van der Waals surface area contributed by atoms with Crippen molar-refractivity contribution in [3.8, 4) is 0 Å². The number of aromatic nitrogens is 2. The summed E-state index contributed by atoms with van der Waals surface area (Å²) in [7, 11) is 4.31. The van der Waals surface area contributed by atoms with Crippen molar-refractivity contribution in [2.45, 2.75) is 12.5 Å². The summed E-state index contributed by atoms with van der Waals surface area (Å²) in [5.74, 6) is 0.872. The zero-order valence-electron chi connectivity index (χ0n) is 8.98. The summed E-state index contributed by atoms with van der Waals surface area (Å²) < 4.78 is 4.76. The minimum atomic E-state index is 0.509. The smallest absolute Gasteiger partial charge is 0.203 e. The molecular formula is C9H15ClN4S. The fraction of sp³-hybridized carbons (Fsp3) is 0.778. The van der Waals surface area contributed by atoms with Crippen LogP contribution in [0.4, 0.5) is 0 Å². The predicted octanol–water partition coefficient (Wildman–Crippen LogP) is 0.980. The first-order chi connectivity index (χ1) is 7.15. The minimum Gasteiger partial charge on any atom is -0.304 e. The van der Waals surface area contributed by atoms with Crippen molar-refractivity contribution >= 4 is 23.1 Å². The lowest BCUT2D eigenvalue weighted by molar-refractivity contribution is 0.113. The molecule has 1 unspecified atom stereocenters. The van der Waals surface area contributed by atoms with Gasteiger partial charge in [0.1, 0.15) is 5.82 Å². The Balaban J connectivity index is 1.98. The van der Waals surface area contributed by atoms with Gasteiger partial charge in [0.2, 0.25) is 4.47 Å². The molecule has 0 amide bonds. The summed E-state index contributed by atoms with van der Waals surface area (Å²) in [5, 5.41) is 0. The Hall–Kier alpha value is -0.230. The Kier molecular flexibility index (Phi) is 3.56. The van der Waals surface area contributed by atoms with E-state index in [-0.39, 0.29) is 0 Å². The summed E-state index contributed by atoms with van der Waals surface area (Å²) in [6.07, 6.45) is 0.893. The second kappa shape index (κ2) is 4.74. The molecule has 0 N–H and O–H groups in total. The Morgan fingerprint density at radius 1 is 1.47 bits per heavy atom. The Labute approximate surface area is 99.0 Å². The van der Waals surface area contributed by atoms with E-state index >= 15 is 0 Å². The molecule has 0 aromatic carbocycles. The lowest BCUT2D eigenvalue weighted by Crippen LogP contribution is -2.50. The number of piperazine rings is 1. The van der Waals surface area contributed by atoms with Crippen molar-refractivity contribution in [2.24, 2.45) is 0 Å². The van der Waals surface area contributed by atoms with Crippen LogP contribution in [0, 0.1) is 0 Å². The molecule has 1 aromatic heterocycles. The van der Waals surface area contributed by atoms with E-state index < -0.39 is 0 Å². The van der Waals surface area contributed by atoms with Crippen molar-refractivity contribution in [2.75, 3.05) is 33.7 Å². The molecular weight excluding hydrogens is 232 g/mol. The van der Waals surface area contributed by atoms with Crippen LogP contribution in [-0.4, -0.2) is 58.9 Å². The third-order valence-corrected chi connectivity index (χ3v) is 3.68. The van der Waals surface area contributed by atoms with Crippen molar-refractivity contribution in [1.82, 2.24) is 19.2 Å². The van der Waals surface area contributed by atoms with Crippen molar-refractivity contribution in [3.63, 3.8) is 0 Å². The van der Waals surface area contributed by atoms with Gasteiger partial charge in [0.25, 0.3) is 0 Å². The number of likely N-dealkylation sites (N-methyl/N-ethyl adjacent to an activating group) is 2. The molecule has 0 spiro atoms. The van der Waals surface area contributed by atoms with E-state index in [9.17, 15) is 0 Å². The molecule has 4 nitrogen and oxygen atoms in total. The van der Waals surface area contributed by atoms with E-state index in [4.69, 9.17) is 11.6 Å². The average molecular weight is 247 g/mol. The van der Waals surface area contributed by atoms with Crippen LogP contribution in [0.15, 0.2) is 0 Å². The van der Waals surface area contributed by atoms with Gasteiger partial charge in [-0.3, -0.25) is 0 Å². The number of halogens is 1. The molecule has 0 saturated carbocycles. The molecule has 0 aliphatic carbocycles. The van der Waals surface area contributed by atoms with Crippen LogP contribution in [0.5, 0.6) is 0 Å². The second-order valence-electron chi connectivity index (χ2n) is 4.06. The standard InChI is InChI=1S/C9H15ClN4S/c1-13-3-4-14(2)7(6-13)5-8-11-9(10)15-12-8/h7H,3-6H2,1-2H3. The number of hydrogen-bond donors (Lipinski definition) is 0. The Bertz CT molecular complexity index is 330. The molecule has 15 heavy (non-hydrogen) atoms. The van der Waals surface area contributed by atoms with Gasteiger partial charge in [-0.1, -0.05) is 0 Å². The quantitative estimate of drug-likeness (QED) is 0.779. The first-order valence-electron chi connectivity index (χ1n) is 5.02. The second-order valence-corrected chi connectivity index (χ2v) is 5.40. The van der Waals surface area contributed by atoms with Crippen LogP contribution in [0.2, 0.25) is 4.47 Å². The van der Waals surface area contributed by atoms with Gasteiger partial charge in [-0.15, -0.1) is 0 Å². The lowest BCUT2D eigenvalue weighted by atomic mass is 10.1. The topological polar surface area (TPSA) is 32.3 Å². The third-order valence-electron chi connectivity index (χ3n) is 2.84. The van der Waals surface area contributed by atoms with Gasteiger partial charge in [-0.05, 0) is 37.2 Å². The molecule has 84 valence electrons. The average Bonchev–Trinajstić information content (AvgIpc) is 2.58. The first-order valence-corrected chi connectivity index (χ1v) is 6.17. The van der Waals surface area contributed by atoms with E-state index in [0.717, 1.165) is 31.9 Å². The number of nitrogens with zero attached hydrogens (tertiary/aromatic N) is 4. The highest BCUT2D eigenvalue weighted by Crippen LogP contribution is 2.15. The molecule has 0 bridgehead atoms. The normalized spacial score (nSPS) is 24.6. The fourth-order valence-electron chi connectivity index (χ4n) is 1.85. The highest BCUT2D eigenvalue weighted by atomic mass is 35.5. The van der Waals surface area contributed by atoms with Gasteiger partial charge in [0.15, 0.2) is 0 Å². The van der Waals surface area contributed by atoms with Gasteiger partial charge < -0.3 is 9.80 Å². The van der Waals surface area contributed by atoms with Crippen LogP contribution in [0.25, 0.3) is 0 Å². The molecule has 0 radical (unpaired) electrons. The van der Waals surface area contributed by atoms with Gasteiger partial charge in [0, 0.05) is 32.1 Å². The Morgan fingerprint density at radius 3 is 2.93 bits per heavy atom. The maximum absolute atomic E-state index is 5.76. The van der Waals surface area contributed by atoms with Gasteiger partial charge in [0.05, 0.1) is 0 Å². The van der Waals surface area contributed by atoms with Crippen LogP contribution >= 0.6 is 23.1 Å². The molecule has 1 fully saturated rings. The van der Waals surface area contributed by atoms with Gasteiger partial charge in [-0.2, -0.15) is 4.37 Å². The van der Waals surface area contributed by atoms with Crippen molar-refractivity contribution in [3.05, 3.63) is 10.3 Å². The van der Waals surface area contributed by atoms with Crippen LogP contribution in [0.3, 0.4) is 0 Å². The highest BCUT2D eigenvalue weighted by Gasteiger charge is 2.23. The maximum atomic E-state index is 5.76. The molecule has 1 saturated heterocycles. The van der Waals surface area contributed by atoms with Crippen LogP contribution in [-0.2, 0) is 6.42 Å².